The standard InChI is InChI=1S/C40H45N9O4S/c1-22-18-41-36-35-27-6-11-33(43-28(27)7-10-32(35)54-37(36)39(52)42-22)47-20-25-3-4-26(21-47)48(25)19-23-13-15-46(16-14-23)24-5-8-29-31(17-24)45(2)40(53)49(29)30-9-12-34(50)44-38(30)51/h5-8,10-11,17,22-23,25-26,30,41H,3-4,9,12-16,18-21H2,1-2H3,(H,42,52)(H,44,50,51)/t22-,25?,26?,30?/m1/s1. The minimum absolute atomic E-state index is 0.00669. The number of hydrogen-bond donors (Lipinski definition) is 3. The summed E-state index contributed by atoms with van der Waals surface area (Å²) in [6.45, 7) is 7.76. The third kappa shape index (κ3) is 5.47. The normalized spacial score (nSPS) is 25.3. The number of imidazole rings is 1. The van der Waals surface area contributed by atoms with Crippen LogP contribution in [0.4, 0.5) is 17.2 Å². The predicted octanol–water partition coefficient (Wildman–Crippen LogP) is 4.19. The van der Waals surface area contributed by atoms with Crippen molar-refractivity contribution in [2.24, 2.45) is 13.0 Å². The Bertz CT molecular complexity index is 2410. The molecule has 14 heteroatoms. The van der Waals surface area contributed by atoms with E-state index in [1.54, 1.807) is 27.5 Å². The number of pyridine rings is 1. The largest absolute Gasteiger partial charge is 0.381 e. The maximum Gasteiger partial charge on any atom is 0.329 e. The highest BCUT2D eigenvalue weighted by molar-refractivity contribution is 7.21. The van der Waals surface area contributed by atoms with E-state index in [1.165, 1.54) is 12.8 Å². The first-order chi connectivity index (χ1) is 26.2. The van der Waals surface area contributed by atoms with E-state index in [0.29, 0.717) is 31.0 Å². The van der Waals surface area contributed by atoms with Crippen LogP contribution in [0.1, 0.15) is 61.2 Å². The number of piperazine rings is 1. The van der Waals surface area contributed by atoms with E-state index < -0.39 is 11.9 Å². The Kier molecular flexibility index (Phi) is 7.99. The molecule has 0 radical (unpaired) electrons. The van der Waals surface area contributed by atoms with Crippen molar-refractivity contribution in [1.29, 1.82) is 0 Å². The molecule has 2 aromatic carbocycles. The predicted molar refractivity (Wildman–Crippen MR) is 212 cm³/mol. The molecule has 5 aliphatic rings. The van der Waals surface area contributed by atoms with Crippen LogP contribution in [-0.2, 0) is 16.6 Å². The number of carbonyl (C=O) groups is 3. The van der Waals surface area contributed by atoms with Gasteiger partial charge in [-0.3, -0.25) is 33.7 Å². The SMILES string of the molecule is C[C@@H]1CNc2c(sc3ccc4nc(N5CC6CCC(C5)N6CC5CCN(c6ccc7c(c6)n(C)c(=O)n7C6CCC(=O)NC6=O)CC5)ccc4c23)C(=O)N1. The van der Waals surface area contributed by atoms with Crippen LogP contribution in [0.3, 0.4) is 0 Å². The molecule has 3 N–H and O–H groups in total. The number of nitrogens with one attached hydrogen (secondary N) is 3. The van der Waals surface area contributed by atoms with Gasteiger partial charge in [0.15, 0.2) is 0 Å². The molecular formula is C40H45N9O4S. The van der Waals surface area contributed by atoms with E-state index >= 15 is 0 Å². The molecule has 0 saturated carbocycles. The number of fused-ring (bicyclic) bond motifs is 8. The minimum atomic E-state index is -0.678. The minimum Gasteiger partial charge on any atom is -0.381 e. The second-order valence-electron chi connectivity index (χ2n) is 16.0. The van der Waals surface area contributed by atoms with Crippen LogP contribution in [0.5, 0.6) is 0 Å². The lowest BCUT2D eigenvalue weighted by Crippen LogP contribution is -2.55. The number of aryl methyl sites for hydroxylation is 1. The fourth-order valence-corrected chi connectivity index (χ4v) is 10.9. The summed E-state index contributed by atoms with van der Waals surface area (Å²) in [7, 11) is 1.75. The van der Waals surface area contributed by atoms with Crippen LogP contribution in [-0.4, -0.2) is 94.1 Å². The Morgan fingerprint density at radius 3 is 2.46 bits per heavy atom. The summed E-state index contributed by atoms with van der Waals surface area (Å²) in [4.78, 5) is 64.2. The molecule has 280 valence electrons. The molecule has 13 nitrogen and oxygen atoms in total. The maximum absolute atomic E-state index is 13.3. The molecule has 4 saturated heterocycles. The summed E-state index contributed by atoms with van der Waals surface area (Å²) in [5.74, 6) is 0.968. The van der Waals surface area contributed by atoms with E-state index in [2.05, 4.69) is 67.0 Å². The second-order valence-corrected chi connectivity index (χ2v) is 17.1. The Morgan fingerprint density at radius 2 is 1.69 bits per heavy atom. The van der Waals surface area contributed by atoms with Crippen LogP contribution in [0.15, 0.2) is 47.3 Å². The van der Waals surface area contributed by atoms with Gasteiger partial charge in [-0.1, -0.05) is 0 Å². The highest BCUT2D eigenvalue weighted by atomic mass is 32.1. The average molecular weight is 748 g/mol. The summed E-state index contributed by atoms with van der Waals surface area (Å²) in [5, 5.41) is 11.2. The van der Waals surface area contributed by atoms with Gasteiger partial charge in [0.25, 0.3) is 5.91 Å². The van der Waals surface area contributed by atoms with Crippen LogP contribution in [0.25, 0.3) is 32.0 Å². The Hall–Kier alpha value is -4.95. The van der Waals surface area contributed by atoms with Crippen molar-refractivity contribution in [3.05, 3.63) is 57.8 Å². The molecule has 5 aromatic rings. The summed E-state index contributed by atoms with van der Waals surface area (Å²) < 4.78 is 4.27. The van der Waals surface area contributed by atoms with Gasteiger partial charge in [-0.15, -0.1) is 11.3 Å². The monoisotopic (exact) mass is 747 g/mol. The zero-order valence-corrected chi connectivity index (χ0v) is 31.5. The first-order valence-electron chi connectivity index (χ1n) is 19.4. The van der Waals surface area contributed by atoms with Crippen molar-refractivity contribution in [3.63, 3.8) is 0 Å². The van der Waals surface area contributed by atoms with Gasteiger partial charge in [-0.2, -0.15) is 0 Å². The lowest BCUT2D eigenvalue weighted by molar-refractivity contribution is -0.135. The highest BCUT2D eigenvalue weighted by Gasteiger charge is 2.41. The van der Waals surface area contributed by atoms with Crippen LogP contribution in [0.2, 0.25) is 0 Å². The number of rotatable bonds is 5. The molecular weight excluding hydrogens is 703 g/mol. The van der Waals surface area contributed by atoms with Crippen molar-refractivity contribution in [3.8, 4) is 0 Å². The number of aromatic nitrogens is 3. The molecule has 8 heterocycles. The number of carbonyl (C=O) groups excluding carboxylic acids is 3. The van der Waals surface area contributed by atoms with Gasteiger partial charge in [0.2, 0.25) is 11.8 Å². The maximum atomic E-state index is 13.3. The molecule has 3 unspecified atom stereocenters. The van der Waals surface area contributed by atoms with Gasteiger partial charge in [-0.25, -0.2) is 9.78 Å². The lowest BCUT2D eigenvalue weighted by atomic mass is 9.94. The summed E-state index contributed by atoms with van der Waals surface area (Å²) >= 11 is 1.55. The van der Waals surface area contributed by atoms with Crippen molar-refractivity contribution in [2.45, 2.75) is 69.6 Å². The molecule has 3 amide bonds. The topological polar surface area (TPSA) is 137 Å². The number of piperidine rings is 2. The number of nitrogens with zero attached hydrogens (tertiary/aromatic N) is 6. The Labute approximate surface area is 316 Å². The van der Waals surface area contributed by atoms with E-state index in [9.17, 15) is 19.2 Å². The number of benzene rings is 2. The van der Waals surface area contributed by atoms with Crippen molar-refractivity contribution in [2.75, 3.05) is 54.4 Å². The number of hydrogen-bond acceptors (Lipinski definition) is 10. The number of anilines is 3. The molecule has 54 heavy (non-hydrogen) atoms. The Morgan fingerprint density at radius 1 is 0.889 bits per heavy atom. The van der Waals surface area contributed by atoms with Gasteiger partial charge < -0.3 is 20.4 Å². The quantitative estimate of drug-likeness (QED) is 0.226. The summed E-state index contributed by atoms with van der Waals surface area (Å²) in [6.07, 6.45) is 5.24. The molecule has 3 aromatic heterocycles. The van der Waals surface area contributed by atoms with Gasteiger partial charge in [0.05, 0.1) is 22.2 Å². The number of imide groups is 1. The molecule has 2 bridgehead atoms. The smallest absolute Gasteiger partial charge is 0.329 e. The third-order valence-corrected chi connectivity index (χ3v) is 13.8. The Balaban J connectivity index is 0.801. The first-order valence-corrected chi connectivity index (χ1v) is 20.2. The van der Waals surface area contributed by atoms with Gasteiger partial charge >= 0.3 is 5.69 Å². The zero-order valence-electron chi connectivity index (χ0n) is 30.6. The van der Waals surface area contributed by atoms with Crippen molar-refractivity contribution in [1.82, 2.24) is 29.7 Å². The number of thiophene rings is 1. The number of amides is 3. The summed E-state index contributed by atoms with van der Waals surface area (Å²) in [5.41, 5.74) is 4.28. The third-order valence-electron chi connectivity index (χ3n) is 12.7. The second kappa shape index (κ2) is 12.8. The molecule has 4 fully saturated rings. The van der Waals surface area contributed by atoms with Gasteiger partial charge in [0, 0.05) is 92.0 Å². The van der Waals surface area contributed by atoms with E-state index in [0.717, 1.165) is 99.7 Å². The fraction of sp³-hybridized carbons (Fsp3) is 0.475. The zero-order chi connectivity index (χ0) is 36.8. The van der Waals surface area contributed by atoms with E-state index in [1.807, 2.05) is 13.0 Å². The van der Waals surface area contributed by atoms with Crippen LogP contribution in [0, 0.1) is 5.92 Å². The molecule has 10 rings (SSSR count). The van der Waals surface area contributed by atoms with Gasteiger partial charge in [0.1, 0.15) is 16.7 Å². The molecule has 0 spiro atoms. The van der Waals surface area contributed by atoms with E-state index in [-0.39, 0.29) is 30.0 Å². The van der Waals surface area contributed by atoms with Crippen LogP contribution < -0.4 is 31.4 Å². The molecule has 0 aliphatic carbocycles. The van der Waals surface area contributed by atoms with Crippen LogP contribution >= 0.6 is 11.3 Å². The van der Waals surface area contributed by atoms with Crippen molar-refractivity contribution >= 4 is 78.3 Å². The molecule has 4 atom stereocenters. The first kappa shape index (κ1) is 33.6. The summed E-state index contributed by atoms with van der Waals surface area (Å²) in [6, 6.07) is 15.1. The van der Waals surface area contributed by atoms with Crippen molar-refractivity contribution < 1.29 is 14.4 Å². The van der Waals surface area contributed by atoms with E-state index in [4.69, 9.17) is 4.98 Å². The average Bonchev–Trinajstić information content (AvgIpc) is 3.70. The lowest BCUT2D eigenvalue weighted by Gasteiger charge is -2.44. The highest BCUT2D eigenvalue weighted by Crippen LogP contribution is 2.42. The fourth-order valence-electron chi connectivity index (χ4n) is 9.82. The van der Waals surface area contributed by atoms with Gasteiger partial charge in [-0.05, 0) is 87.4 Å². The molecule has 5 aliphatic heterocycles.